The van der Waals surface area contributed by atoms with E-state index in [0.29, 0.717) is 0 Å². The van der Waals surface area contributed by atoms with Crippen molar-refractivity contribution in [3.63, 3.8) is 0 Å². The van der Waals surface area contributed by atoms with E-state index < -0.39 is 0 Å². The first-order valence-corrected chi connectivity index (χ1v) is 4.01. The van der Waals surface area contributed by atoms with Gasteiger partial charge < -0.3 is 5.73 Å². The van der Waals surface area contributed by atoms with Gasteiger partial charge in [0.1, 0.15) is 0 Å². The van der Waals surface area contributed by atoms with Crippen LogP contribution < -0.4 is 5.73 Å². The molecule has 0 spiro atoms. The van der Waals surface area contributed by atoms with Crippen molar-refractivity contribution in [2.24, 2.45) is 11.7 Å². The molecule has 0 aromatic rings. The SMILES string of the molecule is CCCC[C@H](C)CCN. The zero-order chi connectivity index (χ0) is 7.11. The second-order valence-corrected chi connectivity index (χ2v) is 2.82. The van der Waals surface area contributed by atoms with Crippen molar-refractivity contribution in [3.05, 3.63) is 0 Å². The minimum absolute atomic E-state index is 0.843. The molecule has 1 heteroatoms. The molecule has 0 fully saturated rings. The Morgan fingerprint density at radius 2 is 2.00 bits per heavy atom. The molecule has 0 aliphatic carbocycles. The Morgan fingerprint density at radius 3 is 2.44 bits per heavy atom. The van der Waals surface area contributed by atoms with Crippen molar-refractivity contribution in [3.8, 4) is 0 Å². The van der Waals surface area contributed by atoms with Crippen molar-refractivity contribution < 1.29 is 0 Å². The fourth-order valence-corrected chi connectivity index (χ4v) is 0.981. The van der Waals surface area contributed by atoms with E-state index in [0.717, 1.165) is 12.5 Å². The van der Waals surface area contributed by atoms with Crippen molar-refractivity contribution in [2.45, 2.75) is 39.5 Å². The molecular formula is C8H19N. The fraction of sp³-hybridized carbons (Fsp3) is 1.00. The summed E-state index contributed by atoms with van der Waals surface area (Å²) in [5.41, 5.74) is 5.40. The predicted molar refractivity (Wildman–Crippen MR) is 42.4 cm³/mol. The van der Waals surface area contributed by atoms with E-state index in [4.69, 9.17) is 5.73 Å². The molecule has 9 heavy (non-hydrogen) atoms. The molecule has 1 nitrogen and oxygen atoms in total. The predicted octanol–water partition coefficient (Wildman–Crippen LogP) is 2.16. The Morgan fingerprint density at radius 1 is 1.33 bits per heavy atom. The van der Waals surface area contributed by atoms with Gasteiger partial charge in [0.25, 0.3) is 0 Å². The second kappa shape index (κ2) is 6.09. The first-order valence-electron chi connectivity index (χ1n) is 4.01. The highest BCUT2D eigenvalue weighted by Crippen LogP contribution is 2.09. The number of hydrogen-bond donors (Lipinski definition) is 1. The number of nitrogens with two attached hydrogens (primary N) is 1. The summed E-state index contributed by atoms with van der Waals surface area (Å²) in [6, 6.07) is 0. The van der Waals surface area contributed by atoms with E-state index in [-0.39, 0.29) is 0 Å². The third-order valence-electron chi connectivity index (χ3n) is 1.71. The molecule has 0 aromatic heterocycles. The maximum Gasteiger partial charge on any atom is -0.00747 e. The zero-order valence-corrected chi connectivity index (χ0v) is 6.69. The Labute approximate surface area is 58.6 Å². The lowest BCUT2D eigenvalue weighted by Gasteiger charge is -2.06. The molecule has 0 amide bonds. The standard InChI is InChI=1S/C8H19N/c1-3-4-5-8(2)6-7-9/h8H,3-7,9H2,1-2H3/t8-/m0/s1. The molecule has 0 aliphatic heterocycles. The summed E-state index contributed by atoms with van der Waals surface area (Å²) < 4.78 is 0. The van der Waals surface area contributed by atoms with Crippen LogP contribution in [0.25, 0.3) is 0 Å². The summed E-state index contributed by atoms with van der Waals surface area (Å²) in [5, 5.41) is 0. The van der Waals surface area contributed by atoms with Crippen LogP contribution in [0, 0.1) is 5.92 Å². The highest BCUT2D eigenvalue weighted by atomic mass is 14.5. The fourth-order valence-electron chi connectivity index (χ4n) is 0.981. The van der Waals surface area contributed by atoms with Crippen LogP contribution in [0.2, 0.25) is 0 Å². The normalized spacial score (nSPS) is 13.7. The first-order chi connectivity index (χ1) is 4.31. The van der Waals surface area contributed by atoms with Gasteiger partial charge in [-0.05, 0) is 18.9 Å². The average Bonchev–Trinajstić information content (AvgIpc) is 1.85. The summed E-state index contributed by atoms with van der Waals surface area (Å²) in [4.78, 5) is 0. The van der Waals surface area contributed by atoms with Crippen LogP contribution >= 0.6 is 0 Å². The topological polar surface area (TPSA) is 26.0 Å². The van der Waals surface area contributed by atoms with Gasteiger partial charge in [0.2, 0.25) is 0 Å². The van der Waals surface area contributed by atoms with Crippen LogP contribution in [0.5, 0.6) is 0 Å². The lowest BCUT2D eigenvalue weighted by molar-refractivity contribution is 0.478. The average molecular weight is 129 g/mol. The smallest absolute Gasteiger partial charge is 0.00747 e. The molecule has 0 heterocycles. The van der Waals surface area contributed by atoms with Crippen LogP contribution in [0.4, 0.5) is 0 Å². The summed E-state index contributed by atoms with van der Waals surface area (Å²) in [6.45, 7) is 5.36. The summed E-state index contributed by atoms with van der Waals surface area (Å²) >= 11 is 0. The van der Waals surface area contributed by atoms with Crippen LogP contribution in [-0.2, 0) is 0 Å². The minimum atomic E-state index is 0.843. The molecule has 0 unspecified atom stereocenters. The summed E-state index contributed by atoms with van der Waals surface area (Å²) in [6.07, 6.45) is 5.23. The highest BCUT2D eigenvalue weighted by Gasteiger charge is 1.97. The van der Waals surface area contributed by atoms with Gasteiger partial charge >= 0.3 is 0 Å². The molecule has 0 aromatic carbocycles. The van der Waals surface area contributed by atoms with Crippen molar-refractivity contribution in [2.75, 3.05) is 6.54 Å². The monoisotopic (exact) mass is 129 g/mol. The van der Waals surface area contributed by atoms with Crippen LogP contribution in [0.1, 0.15) is 39.5 Å². The Hall–Kier alpha value is -0.0400. The van der Waals surface area contributed by atoms with Gasteiger partial charge in [0, 0.05) is 0 Å². The van der Waals surface area contributed by atoms with Gasteiger partial charge in [0.05, 0.1) is 0 Å². The summed E-state index contributed by atoms with van der Waals surface area (Å²) in [5.74, 6) is 0.843. The van der Waals surface area contributed by atoms with Gasteiger partial charge in [0.15, 0.2) is 0 Å². The van der Waals surface area contributed by atoms with E-state index in [1.54, 1.807) is 0 Å². The molecule has 1 atom stereocenters. The Bertz CT molecular complexity index is 52.5. The van der Waals surface area contributed by atoms with Crippen molar-refractivity contribution >= 4 is 0 Å². The third-order valence-corrected chi connectivity index (χ3v) is 1.71. The van der Waals surface area contributed by atoms with Gasteiger partial charge in [-0.15, -0.1) is 0 Å². The maximum atomic E-state index is 5.40. The second-order valence-electron chi connectivity index (χ2n) is 2.82. The van der Waals surface area contributed by atoms with E-state index >= 15 is 0 Å². The van der Waals surface area contributed by atoms with Crippen LogP contribution in [0.15, 0.2) is 0 Å². The van der Waals surface area contributed by atoms with E-state index in [2.05, 4.69) is 13.8 Å². The molecule has 0 saturated heterocycles. The Balaban J connectivity index is 2.95. The molecule has 0 radical (unpaired) electrons. The number of hydrogen-bond acceptors (Lipinski definition) is 1. The number of rotatable bonds is 5. The molecule has 0 saturated carbocycles. The molecule has 0 bridgehead atoms. The quantitative estimate of drug-likeness (QED) is 0.605. The minimum Gasteiger partial charge on any atom is -0.330 e. The van der Waals surface area contributed by atoms with Crippen LogP contribution in [0.3, 0.4) is 0 Å². The lowest BCUT2D eigenvalue weighted by atomic mass is 10.0. The molecular weight excluding hydrogens is 110 g/mol. The van der Waals surface area contributed by atoms with Gasteiger partial charge in [-0.3, -0.25) is 0 Å². The van der Waals surface area contributed by atoms with Crippen molar-refractivity contribution in [1.29, 1.82) is 0 Å². The Kier molecular flexibility index (Phi) is 6.06. The van der Waals surface area contributed by atoms with E-state index in [1.807, 2.05) is 0 Å². The van der Waals surface area contributed by atoms with Crippen molar-refractivity contribution in [1.82, 2.24) is 0 Å². The van der Waals surface area contributed by atoms with Crippen LogP contribution in [-0.4, -0.2) is 6.54 Å². The molecule has 56 valence electrons. The van der Waals surface area contributed by atoms with E-state index in [1.165, 1.54) is 25.7 Å². The zero-order valence-electron chi connectivity index (χ0n) is 6.69. The van der Waals surface area contributed by atoms with Gasteiger partial charge in [-0.1, -0.05) is 33.1 Å². The van der Waals surface area contributed by atoms with Gasteiger partial charge in [-0.25, -0.2) is 0 Å². The molecule has 2 N–H and O–H groups in total. The third kappa shape index (κ3) is 5.84. The molecule has 0 rings (SSSR count). The molecule has 0 aliphatic rings. The largest absolute Gasteiger partial charge is 0.330 e. The lowest BCUT2D eigenvalue weighted by Crippen LogP contribution is -2.05. The highest BCUT2D eigenvalue weighted by molar-refractivity contribution is 4.52. The number of unbranched alkanes of at least 4 members (excludes halogenated alkanes) is 1. The summed E-state index contributed by atoms with van der Waals surface area (Å²) in [7, 11) is 0. The maximum absolute atomic E-state index is 5.40. The van der Waals surface area contributed by atoms with Gasteiger partial charge in [-0.2, -0.15) is 0 Å². The van der Waals surface area contributed by atoms with E-state index in [9.17, 15) is 0 Å². The first kappa shape index (κ1) is 8.96.